The van der Waals surface area contributed by atoms with Crippen molar-refractivity contribution in [3.05, 3.63) is 35.9 Å². The second-order valence-corrected chi connectivity index (χ2v) is 4.36. The van der Waals surface area contributed by atoms with Gasteiger partial charge in [-0.1, -0.05) is 30.3 Å². The van der Waals surface area contributed by atoms with Crippen molar-refractivity contribution in [1.29, 1.82) is 0 Å². The van der Waals surface area contributed by atoms with E-state index in [1.807, 2.05) is 18.2 Å². The monoisotopic (exact) mass is 266 g/mol. The van der Waals surface area contributed by atoms with Gasteiger partial charge >= 0.3 is 12.0 Å². The summed E-state index contributed by atoms with van der Waals surface area (Å²) in [4.78, 5) is 27.2. The van der Waals surface area contributed by atoms with Gasteiger partial charge in [-0.3, -0.25) is 4.84 Å². The summed E-state index contributed by atoms with van der Waals surface area (Å²) in [5.74, 6) is -1.13. The Bertz CT molecular complexity index is 420. The number of carboxylic acids is 1. The van der Waals surface area contributed by atoms with Crippen LogP contribution in [0.5, 0.6) is 0 Å². The smallest absolute Gasteiger partial charge is 0.338 e. The van der Waals surface area contributed by atoms with Crippen molar-refractivity contribution in [2.45, 2.75) is 32.4 Å². The molecule has 0 aliphatic heterocycles. The third-order valence-corrected chi connectivity index (χ3v) is 2.25. The minimum atomic E-state index is -1.13. The lowest BCUT2D eigenvalue weighted by molar-refractivity contribution is -0.153. The highest BCUT2D eigenvalue weighted by Crippen LogP contribution is 2.05. The van der Waals surface area contributed by atoms with Gasteiger partial charge in [0.15, 0.2) is 6.10 Å². The maximum atomic E-state index is 11.3. The Morgan fingerprint density at radius 2 is 1.89 bits per heavy atom. The van der Waals surface area contributed by atoms with E-state index in [4.69, 9.17) is 9.94 Å². The quantitative estimate of drug-likeness (QED) is 0.678. The first-order chi connectivity index (χ1) is 8.99. The Kier molecular flexibility index (Phi) is 5.81. The lowest BCUT2D eigenvalue weighted by atomic mass is 10.1. The van der Waals surface area contributed by atoms with Crippen LogP contribution in [0.3, 0.4) is 0 Å². The second kappa shape index (κ2) is 7.38. The topological polar surface area (TPSA) is 87.7 Å². The van der Waals surface area contributed by atoms with Crippen molar-refractivity contribution in [3.63, 3.8) is 0 Å². The molecule has 1 aromatic rings. The highest BCUT2D eigenvalue weighted by molar-refractivity contribution is 5.75. The molecule has 104 valence electrons. The van der Waals surface area contributed by atoms with Crippen molar-refractivity contribution in [1.82, 2.24) is 10.8 Å². The van der Waals surface area contributed by atoms with Gasteiger partial charge in [-0.25, -0.2) is 15.1 Å². The second-order valence-electron chi connectivity index (χ2n) is 4.36. The molecule has 0 saturated carbocycles. The molecule has 0 saturated heterocycles. The molecule has 19 heavy (non-hydrogen) atoms. The fraction of sp³-hybridized carbons (Fsp3) is 0.385. The lowest BCUT2D eigenvalue weighted by Gasteiger charge is -2.15. The number of carbonyl (C=O) groups excluding carboxylic acids is 1. The summed E-state index contributed by atoms with van der Waals surface area (Å²) < 4.78 is 0. The number of benzene rings is 1. The molecule has 0 fully saturated rings. The van der Waals surface area contributed by atoms with Crippen LogP contribution in [0, 0.1) is 0 Å². The van der Waals surface area contributed by atoms with Crippen molar-refractivity contribution < 1.29 is 19.5 Å². The van der Waals surface area contributed by atoms with Crippen LogP contribution in [-0.4, -0.2) is 29.3 Å². The number of hydroxylamine groups is 1. The number of hydrogen-bond acceptors (Lipinski definition) is 3. The third-order valence-electron chi connectivity index (χ3n) is 2.25. The lowest BCUT2D eigenvalue weighted by Crippen LogP contribution is -2.43. The first-order valence-corrected chi connectivity index (χ1v) is 5.98. The largest absolute Gasteiger partial charge is 0.479 e. The highest BCUT2D eigenvalue weighted by Gasteiger charge is 2.20. The Hall–Kier alpha value is -2.08. The highest BCUT2D eigenvalue weighted by atomic mass is 16.7. The predicted molar refractivity (Wildman–Crippen MR) is 69.5 cm³/mol. The van der Waals surface area contributed by atoms with Gasteiger partial charge in [0.25, 0.3) is 0 Å². The molecule has 1 aromatic carbocycles. The standard InChI is InChI=1S/C13H18N2O4/c1-9(2)14-13(18)15-19-11(12(16)17)8-10-6-4-3-5-7-10/h3-7,9,11H,8H2,1-2H3,(H,16,17)(H2,14,15,18)/t11-/m1/s1. The number of amides is 2. The number of carboxylic acid groups (broad SMARTS) is 1. The molecule has 2 amide bonds. The maximum Gasteiger partial charge on any atom is 0.338 e. The fourth-order valence-corrected chi connectivity index (χ4v) is 1.42. The molecular formula is C13H18N2O4. The molecule has 0 bridgehead atoms. The van der Waals surface area contributed by atoms with Crippen LogP contribution >= 0.6 is 0 Å². The zero-order chi connectivity index (χ0) is 14.3. The van der Waals surface area contributed by atoms with E-state index < -0.39 is 18.1 Å². The average molecular weight is 266 g/mol. The minimum Gasteiger partial charge on any atom is -0.479 e. The molecule has 0 aliphatic carbocycles. The van der Waals surface area contributed by atoms with E-state index in [-0.39, 0.29) is 12.5 Å². The van der Waals surface area contributed by atoms with Crippen LogP contribution in [0.15, 0.2) is 30.3 Å². The van der Waals surface area contributed by atoms with E-state index in [9.17, 15) is 9.59 Å². The first-order valence-electron chi connectivity index (χ1n) is 5.98. The number of rotatable bonds is 6. The van der Waals surface area contributed by atoms with Gasteiger partial charge in [0.05, 0.1) is 0 Å². The van der Waals surface area contributed by atoms with Crippen molar-refractivity contribution in [2.24, 2.45) is 0 Å². The van der Waals surface area contributed by atoms with Crippen LogP contribution in [0.2, 0.25) is 0 Å². The summed E-state index contributed by atoms with van der Waals surface area (Å²) in [6.45, 7) is 3.58. The van der Waals surface area contributed by atoms with Gasteiger partial charge in [0.1, 0.15) is 0 Å². The Morgan fingerprint density at radius 3 is 2.42 bits per heavy atom. The van der Waals surface area contributed by atoms with E-state index in [2.05, 4.69) is 10.8 Å². The van der Waals surface area contributed by atoms with E-state index in [0.717, 1.165) is 5.56 Å². The number of carbonyl (C=O) groups is 2. The number of urea groups is 1. The summed E-state index contributed by atoms with van der Waals surface area (Å²) in [7, 11) is 0. The van der Waals surface area contributed by atoms with Gasteiger partial charge < -0.3 is 10.4 Å². The van der Waals surface area contributed by atoms with E-state index in [1.165, 1.54) is 0 Å². The summed E-state index contributed by atoms with van der Waals surface area (Å²) in [6, 6.07) is 8.45. The van der Waals surface area contributed by atoms with Crippen LogP contribution in [0.4, 0.5) is 4.79 Å². The van der Waals surface area contributed by atoms with Gasteiger partial charge in [-0.15, -0.1) is 0 Å². The molecule has 0 aliphatic rings. The van der Waals surface area contributed by atoms with Crippen LogP contribution in [-0.2, 0) is 16.1 Å². The zero-order valence-electron chi connectivity index (χ0n) is 10.9. The van der Waals surface area contributed by atoms with Gasteiger partial charge in [-0.2, -0.15) is 0 Å². The summed E-state index contributed by atoms with van der Waals surface area (Å²) in [5, 5.41) is 11.6. The molecule has 0 unspecified atom stereocenters. The molecule has 1 rings (SSSR count). The Balaban J connectivity index is 2.50. The molecule has 0 heterocycles. The van der Waals surface area contributed by atoms with Crippen molar-refractivity contribution >= 4 is 12.0 Å². The Labute approximate surface area is 111 Å². The predicted octanol–water partition coefficient (Wildman–Crippen LogP) is 1.32. The van der Waals surface area contributed by atoms with E-state index in [0.29, 0.717) is 0 Å². The van der Waals surface area contributed by atoms with Gasteiger partial charge in [-0.05, 0) is 19.4 Å². The molecular weight excluding hydrogens is 248 g/mol. The fourth-order valence-electron chi connectivity index (χ4n) is 1.42. The van der Waals surface area contributed by atoms with Crippen molar-refractivity contribution in [3.8, 4) is 0 Å². The summed E-state index contributed by atoms with van der Waals surface area (Å²) >= 11 is 0. The van der Waals surface area contributed by atoms with Crippen LogP contribution in [0.1, 0.15) is 19.4 Å². The summed E-state index contributed by atoms with van der Waals surface area (Å²) in [5.41, 5.74) is 2.91. The Morgan fingerprint density at radius 1 is 1.26 bits per heavy atom. The van der Waals surface area contributed by atoms with Crippen LogP contribution < -0.4 is 10.8 Å². The molecule has 0 radical (unpaired) electrons. The molecule has 0 spiro atoms. The zero-order valence-corrected chi connectivity index (χ0v) is 10.9. The van der Waals surface area contributed by atoms with Gasteiger partial charge in [0.2, 0.25) is 0 Å². The molecule has 0 aromatic heterocycles. The number of aliphatic carboxylic acids is 1. The number of hydrogen-bond donors (Lipinski definition) is 3. The maximum absolute atomic E-state index is 11.3. The van der Waals surface area contributed by atoms with E-state index in [1.54, 1.807) is 26.0 Å². The SMILES string of the molecule is CC(C)NC(=O)NO[C@H](Cc1ccccc1)C(=O)O. The molecule has 3 N–H and O–H groups in total. The summed E-state index contributed by atoms with van der Waals surface area (Å²) in [6.07, 6.45) is -0.946. The third kappa shape index (κ3) is 5.87. The molecule has 6 heteroatoms. The minimum absolute atomic E-state index is 0.0546. The average Bonchev–Trinajstić information content (AvgIpc) is 2.34. The van der Waals surface area contributed by atoms with Crippen LogP contribution in [0.25, 0.3) is 0 Å². The molecule has 6 nitrogen and oxygen atoms in total. The van der Waals surface area contributed by atoms with E-state index >= 15 is 0 Å². The first kappa shape index (κ1) is 15.0. The number of nitrogens with one attached hydrogen (secondary N) is 2. The normalized spacial score (nSPS) is 11.9. The molecule has 1 atom stereocenters. The van der Waals surface area contributed by atoms with Crippen molar-refractivity contribution in [2.75, 3.05) is 0 Å². The van der Waals surface area contributed by atoms with Gasteiger partial charge in [0, 0.05) is 12.5 Å².